The topological polar surface area (TPSA) is 69.6 Å². The third kappa shape index (κ3) is 4.67. The molecule has 1 atom stereocenters. The quantitative estimate of drug-likeness (QED) is 0.745. The standard InChI is InChI=1S/C20H30N2O3/c1-13(2)16-8-5-9-17(14(3)4)19(16)21-20(25)18(24)11-22-10-6-7-15(22)12-23/h5,8-9,13-15,23H,6-7,10-12H2,1-4H3,(H,21,25). The van der Waals surface area contributed by atoms with Gasteiger partial charge in [-0.3, -0.25) is 14.5 Å². The monoisotopic (exact) mass is 346 g/mol. The molecular weight excluding hydrogens is 316 g/mol. The maximum atomic E-state index is 12.5. The Morgan fingerprint density at radius 1 is 1.20 bits per heavy atom. The predicted octanol–water partition coefficient (Wildman–Crippen LogP) is 2.90. The number of hydrogen-bond donors (Lipinski definition) is 2. The summed E-state index contributed by atoms with van der Waals surface area (Å²) in [6.07, 6.45) is 1.83. The maximum Gasteiger partial charge on any atom is 0.293 e. The average molecular weight is 346 g/mol. The Kier molecular flexibility index (Phi) is 6.73. The van der Waals surface area contributed by atoms with Gasteiger partial charge in [-0.25, -0.2) is 0 Å². The molecule has 138 valence electrons. The van der Waals surface area contributed by atoms with Crippen LogP contribution < -0.4 is 5.32 Å². The molecule has 1 amide bonds. The minimum absolute atomic E-state index is 0.00840. The lowest BCUT2D eigenvalue weighted by molar-refractivity contribution is -0.135. The molecule has 1 fully saturated rings. The number of hydrogen-bond acceptors (Lipinski definition) is 4. The van der Waals surface area contributed by atoms with Gasteiger partial charge in [-0.1, -0.05) is 45.9 Å². The molecule has 1 saturated heterocycles. The fraction of sp³-hybridized carbons (Fsp3) is 0.600. The van der Waals surface area contributed by atoms with Gasteiger partial charge in [0, 0.05) is 11.7 Å². The second-order valence-electron chi connectivity index (χ2n) is 7.45. The molecule has 1 aromatic carbocycles. The number of aliphatic hydroxyl groups excluding tert-OH is 1. The number of rotatable bonds is 7. The van der Waals surface area contributed by atoms with Crippen molar-refractivity contribution in [2.45, 2.75) is 58.4 Å². The Bertz CT molecular complexity index is 599. The van der Waals surface area contributed by atoms with Gasteiger partial charge >= 0.3 is 0 Å². The van der Waals surface area contributed by atoms with Crippen molar-refractivity contribution in [2.75, 3.05) is 25.0 Å². The Morgan fingerprint density at radius 3 is 2.32 bits per heavy atom. The molecule has 5 nitrogen and oxygen atoms in total. The first-order chi connectivity index (χ1) is 11.8. The van der Waals surface area contributed by atoms with Crippen molar-refractivity contribution in [3.8, 4) is 0 Å². The van der Waals surface area contributed by atoms with E-state index in [9.17, 15) is 14.7 Å². The predicted molar refractivity (Wildman–Crippen MR) is 99.9 cm³/mol. The van der Waals surface area contributed by atoms with E-state index < -0.39 is 11.7 Å². The number of likely N-dealkylation sites (tertiary alicyclic amines) is 1. The molecule has 0 aromatic heterocycles. The van der Waals surface area contributed by atoms with Gasteiger partial charge in [-0.2, -0.15) is 0 Å². The van der Waals surface area contributed by atoms with Crippen LogP contribution in [0.2, 0.25) is 0 Å². The summed E-state index contributed by atoms with van der Waals surface area (Å²) in [6.45, 7) is 9.16. The molecule has 1 heterocycles. The van der Waals surface area contributed by atoms with Crippen molar-refractivity contribution in [3.05, 3.63) is 29.3 Å². The summed E-state index contributed by atoms with van der Waals surface area (Å²) in [5.41, 5.74) is 2.86. The third-order valence-corrected chi connectivity index (χ3v) is 4.92. The van der Waals surface area contributed by atoms with E-state index in [-0.39, 0.29) is 31.0 Å². The Hall–Kier alpha value is -1.72. The number of nitrogens with zero attached hydrogens (tertiary/aromatic N) is 1. The normalized spacial score (nSPS) is 18.1. The zero-order valence-electron chi connectivity index (χ0n) is 15.7. The molecule has 0 aliphatic carbocycles. The summed E-state index contributed by atoms with van der Waals surface area (Å²) in [7, 11) is 0. The van der Waals surface area contributed by atoms with E-state index in [0.29, 0.717) is 0 Å². The molecule has 1 unspecified atom stereocenters. The average Bonchev–Trinajstić information content (AvgIpc) is 3.01. The van der Waals surface area contributed by atoms with Crippen LogP contribution >= 0.6 is 0 Å². The third-order valence-electron chi connectivity index (χ3n) is 4.92. The van der Waals surface area contributed by atoms with Crippen molar-refractivity contribution in [1.29, 1.82) is 0 Å². The molecule has 0 radical (unpaired) electrons. The molecular formula is C20H30N2O3. The van der Waals surface area contributed by atoms with Crippen molar-refractivity contribution >= 4 is 17.4 Å². The van der Waals surface area contributed by atoms with Gasteiger partial charge in [-0.15, -0.1) is 0 Å². The highest BCUT2D eigenvalue weighted by Crippen LogP contribution is 2.32. The zero-order valence-corrected chi connectivity index (χ0v) is 15.7. The number of carbonyl (C=O) groups excluding carboxylic acids is 2. The number of benzene rings is 1. The number of carbonyl (C=O) groups is 2. The fourth-order valence-corrected chi connectivity index (χ4v) is 3.44. The first kappa shape index (κ1) is 19.6. The van der Waals surface area contributed by atoms with Gasteiger partial charge < -0.3 is 10.4 Å². The fourth-order valence-electron chi connectivity index (χ4n) is 3.44. The molecule has 1 aliphatic rings. The Morgan fingerprint density at radius 2 is 1.80 bits per heavy atom. The van der Waals surface area contributed by atoms with Gasteiger partial charge in [0.05, 0.1) is 13.2 Å². The number of para-hydroxylation sites is 1. The molecule has 1 aliphatic heterocycles. The molecule has 25 heavy (non-hydrogen) atoms. The molecule has 0 bridgehead atoms. The number of amides is 1. The highest BCUT2D eigenvalue weighted by Gasteiger charge is 2.28. The van der Waals surface area contributed by atoms with Crippen LogP contribution in [0.1, 0.15) is 63.5 Å². The van der Waals surface area contributed by atoms with E-state index in [2.05, 4.69) is 33.0 Å². The smallest absolute Gasteiger partial charge is 0.293 e. The molecule has 2 rings (SSSR count). The number of aliphatic hydroxyl groups is 1. The number of Topliss-reactive ketones (excluding diaryl/α,β-unsaturated/α-hetero) is 1. The highest BCUT2D eigenvalue weighted by atomic mass is 16.3. The first-order valence-corrected chi connectivity index (χ1v) is 9.17. The summed E-state index contributed by atoms with van der Waals surface area (Å²) >= 11 is 0. The summed E-state index contributed by atoms with van der Waals surface area (Å²) in [5, 5.41) is 12.2. The van der Waals surface area contributed by atoms with E-state index in [0.717, 1.165) is 36.2 Å². The van der Waals surface area contributed by atoms with Crippen molar-refractivity contribution in [1.82, 2.24) is 4.90 Å². The number of ketones is 1. The first-order valence-electron chi connectivity index (χ1n) is 9.17. The van der Waals surface area contributed by atoms with Crippen LogP contribution in [0, 0.1) is 0 Å². The van der Waals surface area contributed by atoms with Crippen LogP contribution in [0.4, 0.5) is 5.69 Å². The lowest BCUT2D eigenvalue weighted by atomic mass is 9.92. The molecule has 2 N–H and O–H groups in total. The maximum absolute atomic E-state index is 12.5. The van der Waals surface area contributed by atoms with E-state index >= 15 is 0 Å². The Labute approximate surface area is 150 Å². The molecule has 0 saturated carbocycles. The largest absolute Gasteiger partial charge is 0.395 e. The van der Waals surface area contributed by atoms with Crippen LogP contribution in [0.25, 0.3) is 0 Å². The van der Waals surface area contributed by atoms with Gasteiger partial charge in [0.15, 0.2) is 0 Å². The van der Waals surface area contributed by atoms with Crippen LogP contribution in [-0.2, 0) is 9.59 Å². The van der Waals surface area contributed by atoms with Crippen LogP contribution in [0.5, 0.6) is 0 Å². The van der Waals surface area contributed by atoms with E-state index in [1.807, 2.05) is 23.1 Å². The van der Waals surface area contributed by atoms with E-state index in [1.165, 1.54) is 0 Å². The summed E-state index contributed by atoms with van der Waals surface area (Å²) in [4.78, 5) is 26.8. The summed E-state index contributed by atoms with van der Waals surface area (Å²) in [5.74, 6) is -0.518. The lowest BCUT2D eigenvalue weighted by Crippen LogP contribution is -2.40. The second-order valence-corrected chi connectivity index (χ2v) is 7.45. The van der Waals surface area contributed by atoms with E-state index in [1.54, 1.807) is 0 Å². The second kappa shape index (κ2) is 8.59. The molecule has 0 spiro atoms. The summed E-state index contributed by atoms with van der Waals surface area (Å²) < 4.78 is 0. The minimum atomic E-state index is -0.571. The molecule has 1 aromatic rings. The van der Waals surface area contributed by atoms with Crippen LogP contribution in [0.3, 0.4) is 0 Å². The van der Waals surface area contributed by atoms with Crippen LogP contribution in [0.15, 0.2) is 18.2 Å². The van der Waals surface area contributed by atoms with Gasteiger partial charge in [0.2, 0.25) is 5.78 Å². The Balaban J connectivity index is 2.15. The minimum Gasteiger partial charge on any atom is -0.395 e. The lowest BCUT2D eigenvalue weighted by Gasteiger charge is -2.22. The number of nitrogens with one attached hydrogen (secondary N) is 1. The van der Waals surface area contributed by atoms with Gasteiger partial charge in [-0.05, 0) is 42.3 Å². The summed E-state index contributed by atoms with van der Waals surface area (Å²) in [6, 6.07) is 5.99. The van der Waals surface area contributed by atoms with E-state index in [4.69, 9.17) is 0 Å². The SMILES string of the molecule is CC(C)c1cccc(C(C)C)c1NC(=O)C(=O)CN1CCCC1CO. The number of anilines is 1. The van der Waals surface area contributed by atoms with Crippen LogP contribution in [-0.4, -0.2) is 47.4 Å². The van der Waals surface area contributed by atoms with Crippen molar-refractivity contribution < 1.29 is 14.7 Å². The van der Waals surface area contributed by atoms with Crippen molar-refractivity contribution in [2.24, 2.45) is 0 Å². The highest BCUT2D eigenvalue weighted by molar-refractivity contribution is 6.41. The van der Waals surface area contributed by atoms with Gasteiger partial charge in [0.1, 0.15) is 0 Å². The zero-order chi connectivity index (χ0) is 18.6. The van der Waals surface area contributed by atoms with Gasteiger partial charge in [0.25, 0.3) is 5.91 Å². The molecule has 5 heteroatoms. The van der Waals surface area contributed by atoms with Crippen molar-refractivity contribution in [3.63, 3.8) is 0 Å².